The van der Waals surface area contributed by atoms with Crippen LogP contribution in [0.5, 0.6) is 5.75 Å². The number of nitrogens with zero attached hydrogens (tertiary/aromatic N) is 3. The molecule has 96 valence electrons. The van der Waals surface area contributed by atoms with E-state index in [0.29, 0.717) is 5.28 Å². The first kappa shape index (κ1) is 13.4. The van der Waals surface area contributed by atoms with Crippen molar-refractivity contribution in [3.63, 3.8) is 0 Å². The summed E-state index contributed by atoms with van der Waals surface area (Å²) >= 11 is 9.57. The molecule has 0 N–H and O–H groups in total. The minimum atomic E-state index is 0.216. The van der Waals surface area contributed by atoms with Crippen molar-refractivity contribution in [2.24, 2.45) is 0 Å². The van der Waals surface area contributed by atoms with E-state index in [9.17, 15) is 0 Å². The quantitative estimate of drug-likeness (QED) is 0.859. The van der Waals surface area contributed by atoms with Crippen LogP contribution in [0.2, 0.25) is 5.28 Å². The van der Waals surface area contributed by atoms with Crippen molar-refractivity contribution in [2.45, 2.75) is 19.8 Å². The molecule has 0 spiro atoms. The Morgan fingerprint density at radius 3 is 2.67 bits per heavy atom. The van der Waals surface area contributed by atoms with Gasteiger partial charge >= 0.3 is 0 Å². The van der Waals surface area contributed by atoms with Crippen LogP contribution in [0, 0.1) is 0 Å². The van der Waals surface area contributed by atoms with Gasteiger partial charge in [-0.2, -0.15) is 0 Å². The van der Waals surface area contributed by atoms with Gasteiger partial charge in [-0.25, -0.2) is 0 Å². The van der Waals surface area contributed by atoms with Gasteiger partial charge in [-0.1, -0.05) is 29.8 Å². The summed E-state index contributed by atoms with van der Waals surface area (Å²) in [7, 11) is 1.63. The van der Waals surface area contributed by atoms with Gasteiger partial charge in [0.1, 0.15) is 11.6 Å². The lowest BCUT2D eigenvalue weighted by Gasteiger charge is -2.14. The molecule has 0 radical (unpaired) electrons. The van der Waals surface area contributed by atoms with Gasteiger partial charge in [0.25, 0.3) is 0 Å². The lowest BCUT2D eigenvalue weighted by Crippen LogP contribution is -2.05. The first-order valence-corrected chi connectivity index (χ1v) is 6.66. The second-order valence-electron chi connectivity index (χ2n) is 4.13. The van der Waals surface area contributed by atoms with Crippen LogP contribution >= 0.6 is 27.5 Å². The Morgan fingerprint density at radius 1 is 1.33 bits per heavy atom. The molecule has 0 amide bonds. The van der Waals surface area contributed by atoms with Crippen LogP contribution in [0.1, 0.15) is 25.6 Å². The van der Waals surface area contributed by atoms with Crippen LogP contribution in [-0.4, -0.2) is 21.9 Å². The van der Waals surface area contributed by atoms with Crippen LogP contribution in [0.25, 0.3) is 5.69 Å². The highest BCUT2D eigenvalue weighted by Gasteiger charge is 2.18. The fraction of sp³-hybridized carbons (Fsp3) is 0.333. The van der Waals surface area contributed by atoms with Crippen molar-refractivity contribution in [3.8, 4) is 11.4 Å². The van der Waals surface area contributed by atoms with Crippen molar-refractivity contribution in [2.75, 3.05) is 7.11 Å². The van der Waals surface area contributed by atoms with E-state index in [2.05, 4.69) is 26.1 Å². The molecule has 6 heteroatoms. The molecule has 1 heterocycles. The predicted octanol–water partition coefficient (Wildman–Crippen LogP) is 3.82. The van der Waals surface area contributed by atoms with Crippen molar-refractivity contribution < 1.29 is 4.74 Å². The molecule has 2 aromatic rings. The van der Waals surface area contributed by atoms with Crippen LogP contribution in [0.15, 0.2) is 22.7 Å². The fourth-order valence-corrected chi connectivity index (χ4v) is 2.28. The molecule has 0 aliphatic carbocycles. The molecule has 0 bridgehead atoms. The molecular formula is C12H13BrClN3O. The van der Waals surface area contributed by atoms with Gasteiger partial charge in [0.2, 0.25) is 5.28 Å². The standard InChI is InChI=1S/C12H13BrClN3O/c1-7(2)11-15-16-12(14)17(11)9-6-8(13)4-5-10(9)18-3/h4-7H,1-3H3. The van der Waals surface area contributed by atoms with Gasteiger partial charge in [-0.3, -0.25) is 4.57 Å². The average molecular weight is 331 g/mol. The van der Waals surface area contributed by atoms with Crippen molar-refractivity contribution in [1.29, 1.82) is 0 Å². The van der Waals surface area contributed by atoms with Gasteiger partial charge in [0, 0.05) is 10.4 Å². The molecule has 0 saturated heterocycles. The summed E-state index contributed by atoms with van der Waals surface area (Å²) in [5, 5.41) is 8.36. The molecule has 0 atom stereocenters. The molecule has 0 saturated carbocycles. The minimum absolute atomic E-state index is 0.216. The van der Waals surface area contributed by atoms with E-state index in [4.69, 9.17) is 16.3 Å². The van der Waals surface area contributed by atoms with E-state index in [-0.39, 0.29) is 5.92 Å². The number of halogens is 2. The third-order valence-electron chi connectivity index (χ3n) is 2.55. The number of aromatic nitrogens is 3. The molecular weight excluding hydrogens is 318 g/mol. The summed E-state index contributed by atoms with van der Waals surface area (Å²) < 4.78 is 8.10. The number of hydrogen-bond acceptors (Lipinski definition) is 3. The zero-order valence-electron chi connectivity index (χ0n) is 10.3. The zero-order valence-corrected chi connectivity index (χ0v) is 12.7. The smallest absolute Gasteiger partial charge is 0.229 e. The number of hydrogen-bond donors (Lipinski definition) is 0. The number of methoxy groups -OCH3 is 1. The second-order valence-corrected chi connectivity index (χ2v) is 5.39. The van der Waals surface area contributed by atoms with Crippen LogP contribution in [0.3, 0.4) is 0 Å². The van der Waals surface area contributed by atoms with E-state index >= 15 is 0 Å². The summed E-state index contributed by atoms with van der Waals surface area (Å²) in [6.45, 7) is 4.09. The number of ether oxygens (including phenoxy) is 1. The first-order valence-electron chi connectivity index (χ1n) is 5.49. The molecule has 4 nitrogen and oxygen atoms in total. The topological polar surface area (TPSA) is 39.9 Å². The Kier molecular flexibility index (Phi) is 3.92. The molecule has 18 heavy (non-hydrogen) atoms. The van der Waals surface area contributed by atoms with E-state index < -0.39 is 0 Å². The van der Waals surface area contributed by atoms with Gasteiger partial charge in [0.15, 0.2) is 0 Å². The van der Waals surface area contributed by atoms with Crippen molar-refractivity contribution in [1.82, 2.24) is 14.8 Å². The Morgan fingerprint density at radius 2 is 2.06 bits per heavy atom. The van der Waals surface area contributed by atoms with E-state index in [1.165, 1.54) is 0 Å². The van der Waals surface area contributed by atoms with Gasteiger partial charge in [-0.05, 0) is 29.8 Å². The Hall–Kier alpha value is -1.07. The van der Waals surface area contributed by atoms with Crippen molar-refractivity contribution >= 4 is 27.5 Å². The lowest BCUT2D eigenvalue weighted by molar-refractivity contribution is 0.412. The Balaban J connectivity index is 2.68. The van der Waals surface area contributed by atoms with E-state index in [1.54, 1.807) is 11.7 Å². The predicted molar refractivity (Wildman–Crippen MR) is 74.7 cm³/mol. The summed E-state index contributed by atoms with van der Waals surface area (Å²) in [6, 6.07) is 5.72. The molecule has 1 aromatic carbocycles. The third kappa shape index (κ3) is 2.37. The zero-order chi connectivity index (χ0) is 13.3. The average Bonchev–Trinajstić information content (AvgIpc) is 2.71. The molecule has 0 unspecified atom stereocenters. The highest BCUT2D eigenvalue weighted by Crippen LogP contribution is 2.31. The highest BCUT2D eigenvalue weighted by atomic mass is 79.9. The van der Waals surface area contributed by atoms with Gasteiger partial charge in [-0.15, -0.1) is 10.2 Å². The fourth-order valence-electron chi connectivity index (χ4n) is 1.71. The first-order chi connectivity index (χ1) is 8.54. The van der Waals surface area contributed by atoms with E-state index in [0.717, 1.165) is 21.7 Å². The normalized spacial score (nSPS) is 11.0. The molecule has 1 aromatic heterocycles. The van der Waals surface area contributed by atoms with Gasteiger partial charge < -0.3 is 4.74 Å². The minimum Gasteiger partial charge on any atom is -0.495 e. The monoisotopic (exact) mass is 329 g/mol. The maximum atomic E-state index is 6.12. The summed E-state index contributed by atoms with van der Waals surface area (Å²) in [4.78, 5) is 0. The van der Waals surface area contributed by atoms with Gasteiger partial charge in [0.05, 0.1) is 12.8 Å². The Bertz CT molecular complexity index is 568. The molecule has 2 rings (SSSR count). The molecule has 0 fully saturated rings. The lowest BCUT2D eigenvalue weighted by atomic mass is 10.2. The van der Waals surface area contributed by atoms with Crippen LogP contribution in [-0.2, 0) is 0 Å². The third-order valence-corrected chi connectivity index (χ3v) is 3.28. The van der Waals surface area contributed by atoms with Crippen LogP contribution < -0.4 is 4.74 Å². The molecule has 0 aliphatic rings. The maximum Gasteiger partial charge on any atom is 0.229 e. The van der Waals surface area contributed by atoms with Crippen LogP contribution in [0.4, 0.5) is 0 Å². The maximum absolute atomic E-state index is 6.12. The number of rotatable bonds is 3. The van der Waals surface area contributed by atoms with Crippen molar-refractivity contribution in [3.05, 3.63) is 33.8 Å². The summed E-state index contributed by atoms with van der Waals surface area (Å²) in [5.74, 6) is 1.74. The Labute approximate surface area is 119 Å². The summed E-state index contributed by atoms with van der Waals surface area (Å²) in [5.41, 5.74) is 0.825. The molecule has 0 aliphatic heterocycles. The summed E-state index contributed by atoms with van der Waals surface area (Å²) in [6.07, 6.45) is 0. The number of benzene rings is 1. The van der Waals surface area contributed by atoms with E-state index in [1.807, 2.05) is 32.0 Å². The highest BCUT2D eigenvalue weighted by molar-refractivity contribution is 9.10. The second kappa shape index (κ2) is 5.28. The SMILES string of the molecule is COc1ccc(Br)cc1-n1c(Cl)nnc1C(C)C. The largest absolute Gasteiger partial charge is 0.495 e.